The Morgan fingerprint density at radius 3 is 2.44 bits per heavy atom. The summed E-state index contributed by atoms with van der Waals surface area (Å²) in [5, 5.41) is 5.54. The smallest absolute Gasteiger partial charge is 0.245 e. The van der Waals surface area contributed by atoms with Gasteiger partial charge in [-0.3, -0.25) is 9.10 Å². The predicted molar refractivity (Wildman–Crippen MR) is 110 cm³/mol. The standard InChI is InChI=1S/C19H19N3O3S2/c1-14-5-3-4-6-17(14)22(27(2,24)25)13-18(23)21-16-9-7-15(8-10-16)19-20-11-12-26-19/h3-12H,13H2,1-2H3,(H,21,23). The first-order valence-electron chi connectivity index (χ1n) is 8.18. The van der Waals surface area contributed by atoms with Crippen LogP contribution in [0.25, 0.3) is 10.6 Å². The molecule has 6 nitrogen and oxygen atoms in total. The Morgan fingerprint density at radius 1 is 1.15 bits per heavy atom. The summed E-state index contributed by atoms with van der Waals surface area (Å²) in [6, 6.07) is 14.3. The molecule has 0 saturated heterocycles. The van der Waals surface area contributed by atoms with E-state index in [2.05, 4.69) is 10.3 Å². The second kappa shape index (κ2) is 7.89. The van der Waals surface area contributed by atoms with E-state index in [0.29, 0.717) is 11.4 Å². The van der Waals surface area contributed by atoms with Gasteiger partial charge in [0, 0.05) is 22.8 Å². The third-order valence-corrected chi connectivity index (χ3v) is 5.87. The number of amides is 1. The summed E-state index contributed by atoms with van der Waals surface area (Å²) in [6.07, 6.45) is 2.83. The third kappa shape index (κ3) is 4.72. The average molecular weight is 402 g/mol. The number of anilines is 2. The molecule has 2 aromatic carbocycles. The Kier molecular flexibility index (Phi) is 5.57. The summed E-state index contributed by atoms with van der Waals surface area (Å²) in [7, 11) is -3.60. The van der Waals surface area contributed by atoms with E-state index in [1.54, 1.807) is 30.5 Å². The van der Waals surface area contributed by atoms with Crippen molar-refractivity contribution in [3.8, 4) is 10.6 Å². The number of hydrogen-bond acceptors (Lipinski definition) is 5. The highest BCUT2D eigenvalue weighted by atomic mass is 32.2. The predicted octanol–water partition coefficient (Wildman–Crippen LogP) is 3.52. The molecular formula is C19H19N3O3S2. The molecule has 0 radical (unpaired) electrons. The summed E-state index contributed by atoms with van der Waals surface area (Å²) in [5.74, 6) is -0.411. The van der Waals surface area contributed by atoms with E-state index < -0.39 is 15.9 Å². The molecule has 140 valence electrons. The molecule has 0 atom stereocenters. The number of nitrogens with zero attached hydrogens (tertiary/aromatic N) is 2. The van der Waals surface area contributed by atoms with Crippen molar-refractivity contribution < 1.29 is 13.2 Å². The van der Waals surface area contributed by atoms with Crippen LogP contribution in [0.5, 0.6) is 0 Å². The highest BCUT2D eigenvalue weighted by Gasteiger charge is 2.22. The Bertz CT molecular complexity index is 1030. The van der Waals surface area contributed by atoms with Gasteiger partial charge in [-0.2, -0.15) is 0 Å². The van der Waals surface area contributed by atoms with Crippen LogP contribution >= 0.6 is 11.3 Å². The number of carbonyl (C=O) groups excluding carboxylic acids is 1. The first-order chi connectivity index (χ1) is 12.8. The van der Waals surface area contributed by atoms with Crippen LogP contribution in [0.3, 0.4) is 0 Å². The molecule has 0 saturated carbocycles. The number of rotatable bonds is 6. The van der Waals surface area contributed by atoms with Crippen LogP contribution in [0, 0.1) is 6.92 Å². The summed E-state index contributed by atoms with van der Waals surface area (Å²) >= 11 is 1.53. The number of benzene rings is 2. The second-order valence-electron chi connectivity index (χ2n) is 6.02. The average Bonchev–Trinajstić information content (AvgIpc) is 3.15. The zero-order valence-electron chi connectivity index (χ0n) is 14.9. The quantitative estimate of drug-likeness (QED) is 0.685. The molecule has 1 amide bonds. The van der Waals surface area contributed by atoms with Crippen LogP contribution in [0.15, 0.2) is 60.1 Å². The molecule has 1 N–H and O–H groups in total. The van der Waals surface area contributed by atoms with Gasteiger partial charge in [0.15, 0.2) is 0 Å². The lowest BCUT2D eigenvalue weighted by Gasteiger charge is -2.23. The fraction of sp³-hybridized carbons (Fsp3) is 0.158. The van der Waals surface area contributed by atoms with Gasteiger partial charge in [-0.05, 0) is 42.8 Å². The minimum Gasteiger partial charge on any atom is -0.325 e. The fourth-order valence-electron chi connectivity index (χ4n) is 2.62. The first-order valence-corrected chi connectivity index (χ1v) is 10.9. The number of nitrogens with one attached hydrogen (secondary N) is 1. The number of carbonyl (C=O) groups is 1. The van der Waals surface area contributed by atoms with E-state index in [4.69, 9.17) is 0 Å². The highest BCUT2D eigenvalue weighted by Crippen LogP contribution is 2.24. The van der Waals surface area contributed by atoms with Crippen LogP contribution in [0.4, 0.5) is 11.4 Å². The Morgan fingerprint density at radius 2 is 1.85 bits per heavy atom. The van der Waals surface area contributed by atoms with Crippen molar-refractivity contribution in [1.82, 2.24) is 4.98 Å². The first kappa shape index (κ1) is 19.1. The summed E-state index contributed by atoms with van der Waals surface area (Å²) in [6.45, 7) is 1.51. The lowest BCUT2D eigenvalue weighted by atomic mass is 10.2. The molecule has 0 aliphatic carbocycles. The molecule has 0 aliphatic heterocycles. The van der Waals surface area contributed by atoms with Crippen molar-refractivity contribution in [2.45, 2.75) is 6.92 Å². The van der Waals surface area contributed by atoms with Gasteiger partial charge < -0.3 is 5.32 Å². The van der Waals surface area contributed by atoms with Crippen molar-refractivity contribution in [2.24, 2.45) is 0 Å². The van der Waals surface area contributed by atoms with Gasteiger partial charge >= 0.3 is 0 Å². The number of aromatic nitrogens is 1. The number of sulfonamides is 1. The van der Waals surface area contributed by atoms with Crippen molar-refractivity contribution >= 4 is 38.6 Å². The molecule has 0 aliphatic rings. The van der Waals surface area contributed by atoms with Crippen LogP contribution in [0.2, 0.25) is 0 Å². The van der Waals surface area contributed by atoms with E-state index in [1.807, 2.05) is 36.6 Å². The molecule has 27 heavy (non-hydrogen) atoms. The number of hydrogen-bond donors (Lipinski definition) is 1. The Balaban J connectivity index is 1.74. The maximum Gasteiger partial charge on any atom is 0.245 e. The van der Waals surface area contributed by atoms with Gasteiger partial charge in [0.2, 0.25) is 15.9 Å². The van der Waals surface area contributed by atoms with Gasteiger partial charge in [-0.25, -0.2) is 13.4 Å². The zero-order valence-corrected chi connectivity index (χ0v) is 16.5. The normalized spacial score (nSPS) is 11.2. The SMILES string of the molecule is Cc1ccccc1N(CC(=O)Nc1ccc(-c2nccs2)cc1)S(C)(=O)=O. The largest absolute Gasteiger partial charge is 0.325 e. The van der Waals surface area contributed by atoms with E-state index in [0.717, 1.165) is 26.7 Å². The van der Waals surface area contributed by atoms with Crippen LogP contribution in [0.1, 0.15) is 5.56 Å². The van der Waals surface area contributed by atoms with Crippen LogP contribution in [-0.2, 0) is 14.8 Å². The summed E-state index contributed by atoms with van der Waals surface area (Å²) < 4.78 is 25.5. The lowest BCUT2D eigenvalue weighted by molar-refractivity contribution is -0.114. The maximum atomic E-state index is 12.4. The van der Waals surface area contributed by atoms with E-state index in [1.165, 1.54) is 11.3 Å². The van der Waals surface area contributed by atoms with Crippen LogP contribution < -0.4 is 9.62 Å². The third-order valence-electron chi connectivity index (χ3n) is 3.92. The topological polar surface area (TPSA) is 79.4 Å². The van der Waals surface area contributed by atoms with E-state index >= 15 is 0 Å². The number of thiazole rings is 1. The molecular weight excluding hydrogens is 382 g/mol. The van der Waals surface area contributed by atoms with E-state index in [-0.39, 0.29) is 6.54 Å². The van der Waals surface area contributed by atoms with Gasteiger partial charge in [0.25, 0.3) is 0 Å². The molecule has 0 unspecified atom stereocenters. The van der Waals surface area contributed by atoms with Crippen molar-refractivity contribution in [3.63, 3.8) is 0 Å². The maximum absolute atomic E-state index is 12.4. The van der Waals surface area contributed by atoms with Gasteiger partial charge in [-0.1, -0.05) is 18.2 Å². The Labute approximate surface area is 162 Å². The minimum absolute atomic E-state index is 0.294. The van der Waals surface area contributed by atoms with Gasteiger partial charge in [0.1, 0.15) is 11.6 Å². The van der Waals surface area contributed by atoms with Crippen molar-refractivity contribution in [3.05, 3.63) is 65.7 Å². The Hall–Kier alpha value is -2.71. The highest BCUT2D eigenvalue weighted by molar-refractivity contribution is 7.92. The number of para-hydroxylation sites is 1. The minimum atomic E-state index is -3.60. The molecule has 3 aromatic rings. The van der Waals surface area contributed by atoms with Crippen LogP contribution in [-0.4, -0.2) is 32.1 Å². The van der Waals surface area contributed by atoms with Crippen molar-refractivity contribution in [1.29, 1.82) is 0 Å². The van der Waals surface area contributed by atoms with E-state index in [9.17, 15) is 13.2 Å². The monoisotopic (exact) mass is 401 g/mol. The van der Waals surface area contributed by atoms with Gasteiger partial charge in [-0.15, -0.1) is 11.3 Å². The fourth-order valence-corrected chi connectivity index (χ4v) is 4.18. The molecule has 0 bridgehead atoms. The second-order valence-corrected chi connectivity index (χ2v) is 8.82. The van der Waals surface area contributed by atoms with Gasteiger partial charge in [0.05, 0.1) is 11.9 Å². The summed E-state index contributed by atoms with van der Waals surface area (Å²) in [5.41, 5.74) is 2.83. The summed E-state index contributed by atoms with van der Waals surface area (Å²) in [4.78, 5) is 16.7. The molecule has 0 spiro atoms. The van der Waals surface area contributed by atoms with Crippen molar-refractivity contribution in [2.75, 3.05) is 22.4 Å². The molecule has 1 aromatic heterocycles. The molecule has 0 fully saturated rings. The zero-order chi connectivity index (χ0) is 19.4. The molecule has 8 heteroatoms. The molecule has 3 rings (SSSR count). The lowest BCUT2D eigenvalue weighted by Crippen LogP contribution is -2.37. The molecule has 1 heterocycles. The number of aryl methyl sites for hydroxylation is 1.